The molecule has 0 unspecified atom stereocenters. The van der Waals surface area contributed by atoms with E-state index in [1.54, 1.807) is 0 Å². The van der Waals surface area contributed by atoms with Crippen molar-refractivity contribution in [2.75, 3.05) is 0 Å². The molecule has 118 valence electrons. The van der Waals surface area contributed by atoms with Gasteiger partial charge in [-0.3, -0.25) is 4.98 Å². The summed E-state index contributed by atoms with van der Waals surface area (Å²) < 4.78 is 80.6. The van der Waals surface area contributed by atoms with Gasteiger partial charge < -0.3 is 0 Å². The molecule has 22 heavy (non-hydrogen) atoms. The first-order valence-corrected chi connectivity index (χ1v) is 6.77. The lowest BCUT2D eigenvalue weighted by Gasteiger charge is -2.27. The molecule has 0 fully saturated rings. The molecule has 7 heteroatoms. The highest BCUT2D eigenvalue weighted by molar-refractivity contribution is 5.91. The highest BCUT2D eigenvalue weighted by atomic mass is 19.4. The minimum absolute atomic E-state index is 0.0120. The van der Waals surface area contributed by atoms with Crippen LogP contribution in [0.1, 0.15) is 35.1 Å². The summed E-state index contributed by atoms with van der Waals surface area (Å²) in [6.07, 6.45) is -6.47. The van der Waals surface area contributed by atoms with E-state index in [2.05, 4.69) is 4.98 Å². The molecule has 1 heterocycles. The maximum absolute atomic E-state index is 13.4. The molecule has 2 aromatic rings. The number of halogens is 6. The zero-order chi connectivity index (χ0) is 16.1. The van der Waals surface area contributed by atoms with Crippen LogP contribution in [0.4, 0.5) is 26.3 Å². The summed E-state index contributed by atoms with van der Waals surface area (Å²) >= 11 is 0. The summed E-state index contributed by atoms with van der Waals surface area (Å²) in [7, 11) is 0. The second kappa shape index (κ2) is 4.86. The second-order valence-electron chi connectivity index (χ2n) is 5.33. The van der Waals surface area contributed by atoms with Crippen molar-refractivity contribution < 1.29 is 26.3 Å². The van der Waals surface area contributed by atoms with Gasteiger partial charge in [0.1, 0.15) is 0 Å². The molecule has 0 bridgehead atoms. The van der Waals surface area contributed by atoms with Crippen molar-refractivity contribution in [3.8, 4) is 0 Å². The fraction of sp³-hybridized carbons (Fsp3) is 0.400. The molecule has 1 aromatic heterocycles. The lowest BCUT2D eigenvalue weighted by molar-refractivity contribution is -0.140. The summed E-state index contributed by atoms with van der Waals surface area (Å²) in [5.41, 5.74) is -2.32. The predicted molar refractivity (Wildman–Crippen MR) is 68.4 cm³/mol. The minimum atomic E-state index is -4.70. The van der Waals surface area contributed by atoms with Crippen LogP contribution >= 0.6 is 0 Å². The van der Waals surface area contributed by atoms with Crippen LogP contribution < -0.4 is 0 Å². The third-order valence-corrected chi connectivity index (χ3v) is 4.00. The number of hydrogen-bond acceptors (Lipinski definition) is 1. The molecule has 0 N–H and O–H groups in total. The summed E-state index contributed by atoms with van der Waals surface area (Å²) in [5, 5.41) is -0.890. The molecule has 0 spiro atoms. The normalized spacial score (nSPS) is 15.9. The van der Waals surface area contributed by atoms with Gasteiger partial charge in [0, 0.05) is 17.8 Å². The number of nitrogens with zero attached hydrogens (tertiary/aromatic N) is 1. The van der Waals surface area contributed by atoms with Crippen LogP contribution in [0, 0.1) is 0 Å². The largest absolute Gasteiger partial charge is 0.417 e. The number of rotatable bonds is 0. The molecule has 0 saturated heterocycles. The monoisotopic (exact) mass is 319 g/mol. The van der Waals surface area contributed by atoms with Gasteiger partial charge in [0.25, 0.3) is 0 Å². The Morgan fingerprint density at radius 1 is 0.773 bits per heavy atom. The number of benzene rings is 1. The van der Waals surface area contributed by atoms with Gasteiger partial charge in [0.05, 0.1) is 11.1 Å². The van der Waals surface area contributed by atoms with Crippen LogP contribution in [0.5, 0.6) is 0 Å². The zero-order valence-corrected chi connectivity index (χ0v) is 11.3. The maximum Gasteiger partial charge on any atom is 0.417 e. The van der Waals surface area contributed by atoms with Crippen molar-refractivity contribution in [3.63, 3.8) is 0 Å². The first-order chi connectivity index (χ1) is 10.2. The first kappa shape index (κ1) is 15.1. The first-order valence-electron chi connectivity index (χ1n) is 6.77. The van der Waals surface area contributed by atoms with Crippen molar-refractivity contribution in [2.45, 2.75) is 38.0 Å². The molecule has 0 radical (unpaired) electrons. The number of pyridine rings is 1. The Morgan fingerprint density at radius 3 is 1.77 bits per heavy atom. The molecule has 0 aliphatic heterocycles. The van der Waals surface area contributed by atoms with Crippen LogP contribution in [0.15, 0.2) is 18.5 Å². The van der Waals surface area contributed by atoms with E-state index in [9.17, 15) is 26.3 Å². The van der Waals surface area contributed by atoms with Crippen molar-refractivity contribution in [2.24, 2.45) is 0 Å². The molecule has 0 saturated carbocycles. The SMILES string of the molecule is FC(F)(F)c1c2c(c(C(F)(F)F)c3cnccc13)CCCC2. The highest BCUT2D eigenvalue weighted by Crippen LogP contribution is 2.47. The Balaban J connectivity index is 2.52. The fourth-order valence-corrected chi connectivity index (χ4v) is 3.24. The molecule has 1 aliphatic rings. The number of alkyl halides is 6. The standard InChI is InChI=1S/C15H11F6N/c16-14(17,18)12-8-3-1-2-4-9(8)13(15(19,20)21)11-7-22-6-5-10(11)12/h5-7H,1-4H2. The van der Waals surface area contributed by atoms with Gasteiger partial charge in [0.2, 0.25) is 0 Å². The molecule has 1 aromatic carbocycles. The van der Waals surface area contributed by atoms with E-state index in [0.29, 0.717) is 12.8 Å². The molecule has 0 amide bonds. The predicted octanol–water partition coefficient (Wildman–Crippen LogP) is 5.15. The summed E-state index contributed by atoms with van der Waals surface area (Å²) in [6.45, 7) is 0. The molecule has 1 aliphatic carbocycles. The average molecular weight is 319 g/mol. The van der Waals surface area contributed by atoms with Gasteiger partial charge >= 0.3 is 12.4 Å². The van der Waals surface area contributed by atoms with Crippen LogP contribution in [0.2, 0.25) is 0 Å². The van der Waals surface area contributed by atoms with E-state index in [1.165, 1.54) is 0 Å². The Bertz CT molecular complexity index is 667. The highest BCUT2D eigenvalue weighted by Gasteiger charge is 2.43. The van der Waals surface area contributed by atoms with Crippen molar-refractivity contribution in [3.05, 3.63) is 40.7 Å². The molecular weight excluding hydrogens is 308 g/mol. The van der Waals surface area contributed by atoms with Crippen molar-refractivity contribution >= 4 is 10.8 Å². The topological polar surface area (TPSA) is 12.9 Å². The quantitative estimate of drug-likeness (QED) is 0.612. The van der Waals surface area contributed by atoms with Crippen molar-refractivity contribution in [1.82, 2.24) is 4.98 Å². The summed E-state index contributed by atoms with van der Waals surface area (Å²) in [6, 6.07) is 1.02. The van der Waals surface area contributed by atoms with E-state index >= 15 is 0 Å². The minimum Gasteiger partial charge on any atom is -0.264 e. The van der Waals surface area contributed by atoms with E-state index in [4.69, 9.17) is 0 Å². The Kier molecular flexibility index (Phi) is 3.34. The van der Waals surface area contributed by atoms with E-state index in [1.807, 2.05) is 0 Å². The second-order valence-corrected chi connectivity index (χ2v) is 5.33. The third kappa shape index (κ3) is 2.32. The Labute approximate surface area is 122 Å². The summed E-state index contributed by atoms with van der Waals surface area (Å²) in [4.78, 5) is 3.59. The molecule has 1 nitrogen and oxygen atoms in total. The van der Waals surface area contributed by atoms with E-state index < -0.39 is 34.3 Å². The van der Waals surface area contributed by atoms with Crippen LogP contribution in [0.3, 0.4) is 0 Å². The van der Waals surface area contributed by atoms with Crippen LogP contribution in [-0.4, -0.2) is 4.98 Å². The Hall–Kier alpha value is -1.79. The van der Waals surface area contributed by atoms with Crippen LogP contribution in [0.25, 0.3) is 10.8 Å². The summed E-state index contributed by atoms with van der Waals surface area (Å²) in [5.74, 6) is 0. The van der Waals surface area contributed by atoms with Gasteiger partial charge in [-0.15, -0.1) is 0 Å². The fourth-order valence-electron chi connectivity index (χ4n) is 3.24. The number of hydrogen-bond donors (Lipinski definition) is 0. The molecule has 3 rings (SSSR count). The smallest absolute Gasteiger partial charge is 0.264 e. The van der Waals surface area contributed by atoms with E-state index in [0.717, 1.165) is 18.5 Å². The van der Waals surface area contributed by atoms with Gasteiger partial charge in [-0.1, -0.05) is 0 Å². The number of aromatic nitrogens is 1. The number of fused-ring (bicyclic) bond motifs is 2. The lowest BCUT2D eigenvalue weighted by Crippen LogP contribution is -2.21. The maximum atomic E-state index is 13.4. The zero-order valence-electron chi connectivity index (χ0n) is 11.3. The lowest BCUT2D eigenvalue weighted by atomic mass is 9.81. The van der Waals surface area contributed by atoms with Gasteiger partial charge in [0.15, 0.2) is 0 Å². The average Bonchev–Trinajstić information content (AvgIpc) is 2.41. The van der Waals surface area contributed by atoms with Crippen molar-refractivity contribution in [1.29, 1.82) is 0 Å². The molecular formula is C15H11F6N. The van der Waals surface area contributed by atoms with Gasteiger partial charge in [-0.2, -0.15) is 26.3 Å². The van der Waals surface area contributed by atoms with Gasteiger partial charge in [-0.25, -0.2) is 0 Å². The Morgan fingerprint density at radius 2 is 1.27 bits per heavy atom. The molecule has 0 atom stereocenters. The third-order valence-electron chi connectivity index (χ3n) is 4.00. The van der Waals surface area contributed by atoms with E-state index in [-0.39, 0.29) is 24.0 Å². The van der Waals surface area contributed by atoms with Gasteiger partial charge in [-0.05, 0) is 48.3 Å². The van der Waals surface area contributed by atoms with Crippen LogP contribution in [-0.2, 0) is 25.2 Å².